The van der Waals surface area contributed by atoms with E-state index in [0.29, 0.717) is 11.3 Å². The van der Waals surface area contributed by atoms with Crippen molar-refractivity contribution in [2.24, 2.45) is 0 Å². The second kappa shape index (κ2) is 2.94. The summed E-state index contributed by atoms with van der Waals surface area (Å²) in [5.41, 5.74) is 1.39. The zero-order valence-electron chi connectivity index (χ0n) is 7.11. The number of para-hydroxylation sites is 1. The predicted octanol–water partition coefficient (Wildman–Crippen LogP) is 1.94. The van der Waals surface area contributed by atoms with Crippen molar-refractivity contribution in [3.63, 3.8) is 0 Å². The zero-order valence-corrected chi connectivity index (χ0v) is 7.11. The zero-order chi connectivity index (χ0) is 9.26. The molecule has 0 saturated carbocycles. The standard InChI is InChI=1S/C10H8O3/c1-7-6-8-4-2-3-5-9(8)12-13-10(7)11/h2-6H,1H3. The van der Waals surface area contributed by atoms with Crippen LogP contribution in [0.2, 0.25) is 0 Å². The van der Waals surface area contributed by atoms with Crippen LogP contribution in [0.1, 0.15) is 12.5 Å². The Labute approximate surface area is 75.5 Å². The van der Waals surface area contributed by atoms with Gasteiger partial charge in [0.25, 0.3) is 0 Å². The quantitative estimate of drug-likeness (QED) is 0.566. The first-order chi connectivity index (χ1) is 6.27. The Hall–Kier alpha value is -1.77. The van der Waals surface area contributed by atoms with Gasteiger partial charge in [0.15, 0.2) is 5.75 Å². The second-order valence-corrected chi connectivity index (χ2v) is 2.82. The van der Waals surface area contributed by atoms with E-state index < -0.39 is 5.97 Å². The van der Waals surface area contributed by atoms with E-state index in [0.717, 1.165) is 5.56 Å². The maximum atomic E-state index is 11.1. The van der Waals surface area contributed by atoms with Gasteiger partial charge in [-0.1, -0.05) is 18.2 Å². The molecule has 0 bridgehead atoms. The van der Waals surface area contributed by atoms with E-state index in [1.54, 1.807) is 19.1 Å². The Bertz CT molecular complexity index is 380. The Morgan fingerprint density at radius 3 is 2.77 bits per heavy atom. The fourth-order valence-electron chi connectivity index (χ4n) is 1.12. The number of carbonyl (C=O) groups excluding carboxylic acids is 1. The molecule has 0 amide bonds. The molecule has 0 saturated heterocycles. The molecule has 0 spiro atoms. The van der Waals surface area contributed by atoms with Crippen LogP contribution in [0.15, 0.2) is 29.8 Å². The van der Waals surface area contributed by atoms with Crippen molar-refractivity contribution in [2.45, 2.75) is 6.92 Å². The van der Waals surface area contributed by atoms with Gasteiger partial charge in [-0.15, -0.1) is 0 Å². The molecule has 0 atom stereocenters. The minimum atomic E-state index is -0.448. The van der Waals surface area contributed by atoms with Gasteiger partial charge in [0.05, 0.1) is 0 Å². The Balaban J connectivity index is 2.51. The Kier molecular flexibility index (Phi) is 1.77. The topological polar surface area (TPSA) is 35.5 Å². The Morgan fingerprint density at radius 2 is 1.92 bits per heavy atom. The maximum Gasteiger partial charge on any atom is 0.381 e. The molecule has 0 unspecified atom stereocenters. The number of rotatable bonds is 0. The highest BCUT2D eigenvalue weighted by atomic mass is 17.2. The molecule has 1 aromatic rings. The van der Waals surface area contributed by atoms with Gasteiger partial charge in [0.2, 0.25) is 0 Å². The average Bonchev–Trinajstić information content (AvgIpc) is 2.28. The van der Waals surface area contributed by atoms with Crippen LogP contribution in [0, 0.1) is 0 Å². The lowest BCUT2D eigenvalue weighted by atomic mass is 10.1. The molecule has 1 aromatic carbocycles. The molecule has 66 valence electrons. The minimum Gasteiger partial charge on any atom is -0.286 e. The third-order valence-corrected chi connectivity index (χ3v) is 1.82. The van der Waals surface area contributed by atoms with Gasteiger partial charge in [-0.2, -0.15) is 0 Å². The van der Waals surface area contributed by atoms with Gasteiger partial charge < -0.3 is 0 Å². The number of hydrogen-bond acceptors (Lipinski definition) is 3. The summed E-state index contributed by atoms with van der Waals surface area (Å²) < 4.78 is 0. The first-order valence-electron chi connectivity index (χ1n) is 3.93. The van der Waals surface area contributed by atoms with Gasteiger partial charge in [0, 0.05) is 11.1 Å². The molecule has 1 aliphatic heterocycles. The molecular weight excluding hydrogens is 168 g/mol. The highest BCUT2D eigenvalue weighted by molar-refractivity contribution is 5.93. The monoisotopic (exact) mass is 176 g/mol. The summed E-state index contributed by atoms with van der Waals surface area (Å²) >= 11 is 0. The van der Waals surface area contributed by atoms with E-state index in [9.17, 15) is 4.79 Å². The van der Waals surface area contributed by atoms with Crippen LogP contribution in [0.3, 0.4) is 0 Å². The summed E-state index contributed by atoms with van der Waals surface area (Å²) in [5.74, 6) is 0.115. The van der Waals surface area contributed by atoms with Crippen molar-refractivity contribution >= 4 is 12.0 Å². The summed E-state index contributed by atoms with van der Waals surface area (Å²) in [4.78, 5) is 20.4. The van der Waals surface area contributed by atoms with Gasteiger partial charge >= 0.3 is 5.97 Å². The first kappa shape index (κ1) is 7.86. The fourth-order valence-corrected chi connectivity index (χ4v) is 1.12. The maximum absolute atomic E-state index is 11.1. The number of fused-ring (bicyclic) bond motifs is 1. The SMILES string of the molecule is CC1=Cc2ccccc2OOC1=O. The largest absolute Gasteiger partial charge is 0.381 e. The molecule has 1 aliphatic rings. The van der Waals surface area contributed by atoms with E-state index in [1.165, 1.54) is 0 Å². The second-order valence-electron chi connectivity index (χ2n) is 2.82. The Morgan fingerprint density at radius 1 is 1.15 bits per heavy atom. The summed E-state index contributed by atoms with van der Waals surface area (Å²) in [6.45, 7) is 1.69. The number of hydrogen-bond donors (Lipinski definition) is 0. The molecule has 0 N–H and O–H groups in total. The highest BCUT2D eigenvalue weighted by Gasteiger charge is 2.14. The van der Waals surface area contributed by atoms with Gasteiger partial charge in [-0.3, -0.25) is 4.89 Å². The summed E-state index contributed by atoms with van der Waals surface area (Å²) in [7, 11) is 0. The van der Waals surface area contributed by atoms with Crippen LogP contribution in [0.25, 0.3) is 6.08 Å². The third-order valence-electron chi connectivity index (χ3n) is 1.82. The van der Waals surface area contributed by atoms with Crippen molar-refractivity contribution in [1.29, 1.82) is 0 Å². The van der Waals surface area contributed by atoms with E-state index in [1.807, 2.05) is 18.2 Å². The first-order valence-corrected chi connectivity index (χ1v) is 3.93. The van der Waals surface area contributed by atoms with E-state index in [-0.39, 0.29) is 0 Å². The van der Waals surface area contributed by atoms with Crippen molar-refractivity contribution < 1.29 is 14.6 Å². The van der Waals surface area contributed by atoms with Crippen molar-refractivity contribution in [3.8, 4) is 5.75 Å². The van der Waals surface area contributed by atoms with E-state index >= 15 is 0 Å². The van der Waals surface area contributed by atoms with Crippen LogP contribution in [0.4, 0.5) is 0 Å². The molecule has 0 fully saturated rings. The third kappa shape index (κ3) is 1.40. The predicted molar refractivity (Wildman–Crippen MR) is 46.8 cm³/mol. The lowest BCUT2D eigenvalue weighted by molar-refractivity contribution is -0.207. The molecule has 0 aliphatic carbocycles. The van der Waals surface area contributed by atoms with E-state index in [2.05, 4.69) is 4.89 Å². The molecule has 1 heterocycles. The van der Waals surface area contributed by atoms with Crippen molar-refractivity contribution in [1.82, 2.24) is 0 Å². The van der Waals surface area contributed by atoms with Crippen LogP contribution < -0.4 is 4.89 Å². The normalized spacial score (nSPS) is 14.8. The van der Waals surface area contributed by atoms with Crippen LogP contribution in [-0.4, -0.2) is 5.97 Å². The van der Waals surface area contributed by atoms with Crippen molar-refractivity contribution in [2.75, 3.05) is 0 Å². The van der Waals surface area contributed by atoms with Crippen molar-refractivity contribution in [3.05, 3.63) is 35.4 Å². The molecule has 0 aromatic heterocycles. The minimum absolute atomic E-state index is 0.448. The number of benzene rings is 1. The smallest absolute Gasteiger partial charge is 0.286 e. The molecule has 2 rings (SSSR count). The lowest BCUT2D eigenvalue weighted by Crippen LogP contribution is -2.06. The molecule has 3 heteroatoms. The fraction of sp³-hybridized carbons (Fsp3) is 0.100. The molecule has 0 radical (unpaired) electrons. The van der Waals surface area contributed by atoms with Crippen LogP contribution in [-0.2, 0) is 9.68 Å². The van der Waals surface area contributed by atoms with Crippen LogP contribution >= 0.6 is 0 Å². The van der Waals surface area contributed by atoms with Gasteiger partial charge in [-0.25, -0.2) is 9.68 Å². The highest BCUT2D eigenvalue weighted by Crippen LogP contribution is 2.24. The van der Waals surface area contributed by atoms with E-state index in [4.69, 9.17) is 4.89 Å². The van der Waals surface area contributed by atoms with Gasteiger partial charge in [0.1, 0.15) is 0 Å². The summed E-state index contributed by atoms with van der Waals surface area (Å²) in [5, 5.41) is 0. The summed E-state index contributed by atoms with van der Waals surface area (Å²) in [6.07, 6.45) is 1.74. The number of carbonyl (C=O) groups is 1. The average molecular weight is 176 g/mol. The lowest BCUT2D eigenvalue weighted by Gasteiger charge is -2.01. The van der Waals surface area contributed by atoms with Crippen LogP contribution in [0.5, 0.6) is 5.75 Å². The van der Waals surface area contributed by atoms with Gasteiger partial charge in [-0.05, 0) is 19.1 Å². The summed E-state index contributed by atoms with van der Waals surface area (Å²) in [6, 6.07) is 7.31. The molecule has 3 nitrogen and oxygen atoms in total. The molecule has 13 heavy (non-hydrogen) atoms. The molecular formula is C10H8O3.